The molecule has 0 saturated carbocycles. The standard InChI is InChI=1S/C7H7N5O3S/c8-7(12(13)14)4-15-6(16)11(7)5-9-2-1-3-10-5/h1-3H,4,8H2. The van der Waals surface area contributed by atoms with E-state index in [0.29, 0.717) is 0 Å². The van der Waals surface area contributed by atoms with Crippen LogP contribution in [0.3, 0.4) is 0 Å². The van der Waals surface area contributed by atoms with Crippen LogP contribution >= 0.6 is 12.2 Å². The molecule has 0 bridgehead atoms. The summed E-state index contributed by atoms with van der Waals surface area (Å²) in [5.41, 5.74) is 5.60. The third kappa shape index (κ3) is 1.46. The predicted molar refractivity (Wildman–Crippen MR) is 57.0 cm³/mol. The van der Waals surface area contributed by atoms with Gasteiger partial charge in [0.15, 0.2) is 6.61 Å². The average molecular weight is 241 g/mol. The second-order valence-electron chi connectivity index (χ2n) is 3.07. The Balaban J connectivity index is 2.45. The van der Waals surface area contributed by atoms with Gasteiger partial charge < -0.3 is 4.74 Å². The molecule has 9 heteroatoms. The molecule has 0 radical (unpaired) electrons. The molecule has 1 aliphatic rings. The van der Waals surface area contributed by atoms with Crippen molar-refractivity contribution in [1.29, 1.82) is 0 Å². The maximum atomic E-state index is 10.9. The highest BCUT2D eigenvalue weighted by molar-refractivity contribution is 7.80. The summed E-state index contributed by atoms with van der Waals surface area (Å²) in [6, 6.07) is 1.58. The molecule has 1 atom stereocenters. The van der Waals surface area contributed by atoms with Crippen molar-refractivity contribution in [2.24, 2.45) is 5.73 Å². The summed E-state index contributed by atoms with van der Waals surface area (Å²) >= 11 is 4.83. The van der Waals surface area contributed by atoms with Crippen LogP contribution < -0.4 is 10.6 Å². The molecule has 0 aliphatic carbocycles. The zero-order valence-electron chi connectivity index (χ0n) is 7.94. The van der Waals surface area contributed by atoms with Gasteiger partial charge in [0.25, 0.3) is 5.17 Å². The van der Waals surface area contributed by atoms with Gasteiger partial charge in [-0.25, -0.2) is 15.7 Å². The first-order valence-electron chi connectivity index (χ1n) is 4.23. The first-order chi connectivity index (χ1) is 7.55. The van der Waals surface area contributed by atoms with Crippen LogP contribution in [-0.2, 0) is 4.74 Å². The molecule has 1 unspecified atom stereocenters. The van der Waals surface area contributed by atoms with Crippen molar-refractivity contribution in [2.45, 2.75) is 5.79 Å². The van der Waals surface area contributed by atoms with Crippen LogP contribution in [0.1, 0.15) is 0 Å². The Bertz CT molecular complexity index is 441. The van der Waals surface area contributed by atoms with E-state index in [1.54, 1.807) is 6.07 Å². The second kappa shape index (κ2) is 3.61. The number of aromatic nitrogens is 2. The van der Waals surface area contributed by atoms with Crippen molar-refractivity contribution in [2.75, 3.05) is 11.5 Å². The number of hydrogen-bond donors (Lipinski definition) is 1. The van der Waals surface area contributed by atoms with Gasteiger partial charge in [-0.15, -0.1) is 0 Å². The molecule has 1 aliphatic heterocycles. The third-order valence-corrected chi connectivity index (χ3v) is 2.35. The highest BCUT2D eigenvalue weighted by Gasteiger charge is 2.55. The number of nitrogens with two attached hydrogens (primary N) is 1. The molecule has 1 saturated heterocycles. The minimum Gasteiger partial charge on any atom is -0.459 e. The zero-order chi connectivity index (χ0) is 11.8. The fourth-order valence-corrected chi connectivity index (χ4v) is 1.55. The fourth-order valence-electron chi connectivity index (χ4n) is 1.25. The van der Waals surface area contributed by atoms with Crippen LogP contribution in [0.2, 0.25) is 0 Å². The van der Waals surface area contributed by atoms with Gasteiger partial charge in [-0.3, -0.25) is 10.1 Å². The van der Waals surface area contributed by atoms with Crippen LogP contribution in [0, 0.1) is 10.1 Å². The van der Waals surface area contributed by atoms with Crippen LogP contribution in [0.5, 0.6) is 0 Å². The predicted octanol–water partition coefficient (Wildman–Crippen LogP) is -0.513. The van der Waals surface area contributed by atoms with Crippen molar-refractivity contribution < 1.29 is 9.66 Å². The maximum absolute atomic E-state index is 10.9. The highest BCUT2D eigenvalue weighted by Crippen LogP contribution is 2.24. The van der Waals surface area contributed by atoms with E-state index in [1.165, 1.54) is 12.4 Å². The highest BCUT2D eigenvalue weighted by atomic mass is 32.1. The van der Waals surface area contributed by atoms with E-state index < -0.39 is 10.7 Å². The number of thiocarbonyl (C=S) groups is 1. The van der Waals surface area contributed by atoms with E-state index in [1.807, 2.05) is 0 Å². The summed E-state index contributed by atoms with van der Waals surface area (Å²) in [6.45, 7) is -0.336. The van der Waals surface area contributed by atoms with Crippen molar-refractivity contribution in [3.63, 3.8) is 0 Å². The summed E-state index contributed by atoms with van der Waals surface area (Å²) in [4.78, 5) is 18.9. The quantitative estimate of drug-likeness (QED) is 0.319. The Morgan fingerprint density at radius 2 is 2.25 bits per heavy atom. The largest absolute Gasteiger partial charge is 0.459 e. The summed E-state index contributed by atoms with van der Waals surface area (Å²) in [5.74, 6) is -1.90. The van der Waals surface area contributed by atoms with Crippen LogP contribution in [0.15, 0.2) is 18.5 Å². The molecule has 8 nitrogen and oxygen atoms in total. The third-order valence-electron chi connectivity index (χ3n) is 2.05. The molecular formula is C7H7N5O3S. The molecule has 2 heterocycles. The first kappa shape index (κ1) is 10.6. The van der Waals surface area contributed by atoms with Crippen LogP contribution in [-0.4, -0.2) is 32.5 Å². The van der Waals surface area contributed by atoms with Gasteiger partial charge in [-0.1, -0.05) is 0 Å². The van der Waals surface area contributed by atoms with E-state index in [9.17, 15) is 10.1 Å². The monoisotopic (exact) mass is 241 g/mol. The first-order valence-corrected chi connectivity index (χ1v) is 4.64. The van der Waals surface area contributed by atoms with Gasteiger partial charge in [0.1, 0.15) is 0 Å². The number of hydrogen-bond acceptors (Lipinski definition) is 7. The average Bonchev–Trinajstić information content (AvgIpc) is 2.57. The molecule has 0 amide bonds. The van der Waals surface area contributed by atoms with Gasteiger partial charge in [0, 0.05) is 12.4 Å². The molecule has 0 aromatic carbocycles. The van der Waals surface area contributed by atoms with Crippen molar-refractivity contribution >= 4 is 23.3 Å². The lowest BCUT2D eigenvalue weighted by Crippen LogP contribution is -2.61. The fraction of sp³-hybridized carbons (Fsp3) is 0.286. The Morgan fingerprint density at radius 1 is 1.62 bits per heavy atom. The molecule has 16 heavy (non-hydrogen) atoms. The minimum absolute atomic E-state index is 0.0456. The van der Waals surface area contributed by atoms with Crippen molar-refractivity contribution in [3.8, 4) is 0 Å². The Hall–Kier alpha value is -1.87. The summed E-state index contributed by atoms with van der Waals surface area (Å²) in [5, 5.41) is 10.8. The summed E-state index contributed by atoms with van der Waals surface area (Å²) in [6.07, 6.45) is 2.87. The lowest BCUT2D eigenvalue weighted by molar-refractivity contribution is -0.564. The lowest BCUT2D eigenvalue weighted by Gasteiger charge is -2.22. The molecule has 84 valence electrons. The van der Waals surface area contributed by atoms with Crippen molar-refractivity contribution in [3.05, 3.63) is 28.6 Å². The van der Waals surface area contributed by atoms with Gasteiger partial charge in [0.2, 0.25) is 5.95 Å². The number of rotatable bonds is 2. The lowest BCUT2D eigenvalue weighted by atomic mass is 10.4. The van der Waals surface area contributed by atoms with E-state index in [0.717, 1.165) is 4.90 Å². The Morgan fingerprint density at radius 3 is 2.81 bits per heavy atom. The van der Waals surface area contributed by atoms with Crippen molar-refractivity contribution in [1.82, 2.24) is 9.97 Å². The minimum atomic E-state index is -1.95. The topological polar surface area (TPSA) is 107 Å². The van der Waals surface area contributed by atoms with Gasteiger partial charge in [0.05, 0.1) is 4.92 Å². The van der Waals surface area contributed by atoms with Crippen LogP contribution in [0.25, 0.3) is 0 Å². The normalized spacial score (nSPS) is 24.3. The second-order valence-corrected chi connectivity index (χ2v) is 3.42. The molecule has 1 aromatic rings. The molecule has 2 N–H and O–H groups in total. The van der Waals surface area contributed by atoms with Crippen LogP contribution in [0.4, 0.5) is 5.95 Å². The Labute approximate surface area is 95.2 Å². The van der Waals surface area contributed by atoms with Gasteiger partial charge in [-0.2, -0.15) is 4.90 Å². The van der Waals surface area contributed by atoms with E-state index in [4.69, 9.17) is 22.7 Å². The summed E-state index contributed by atoms with van der Waals surface area (Å²) < 4.78 is 4.91. The molecule has 1 aromatic heterocycles. The van der Waals surface area contributed by atoms with Gasteiger partial charge >= 0.3 is 5.79 Å². The number of nitrogens with zero attached hydrogens (tertiary/aromatic N) is 4. The number of anilines is 1. The molecule has 0 spiro atoms. The maximum Gasteiger partial charge on any atom is 0.396 e. The smallest absolute Gasteiger partial charge is 0.396 e. The number of nitro groups is 1. The van der Waals surface area contributed by atoms with E-state index >= 15 is 0 Å². The molecular weight excluding hydrogens is 234 g/mol. The molecule has 1 fully saturated rings. The number of ether oxygens (including phenoxy) is 1. The SMILES string of the molecule is NC1([N+](=O)[O-])COC(=S)N1c1ncccn1. The Kier molecular flexibility index (Phi) is 2.40. The molecule has 2 rings (SSSR count). The van der Waals surface area contributed by atoms with E-state index in [-0.39, 0.29) is 17.7 Å². The van der Waals surface area contributed by atoms with Gasteiger partial charge in [-0.05, 0) is 18.3 Å². The zero-order valence-corrected chi connectivity index (χ0v) is 8.75. The van der Waals surface area contributed by atoms with E-state index in [2.05, 4.69) is 9.97 Å². The summed E-state index contributed by atoms with van der Waals surface area (Å²) in [7, 11) is 0.